The third-order valence-electron chi connectivity index (χ3n) is 0.343. The molecule has 0 aliphatic heterocycles. The number of rotatable bonds is 2. The molecule has 2 N–H and O–H groups in total. The molecule has 0 aromatic carbocycles. The van der Waals surface area contributed by atoms with Crippen molar-refractivity contribution in [3.8, 4) is 0 Å². The van der Waals surface area contributed by atoms with Gasteiger partial charge in [-0.1, -0.05) is 12.7 Å². The van der Waals surface area contributed by atoms with Gasteiger partial charge in [0.15, 0.2) is 0 Å². The van der Waals surface area contributed by atoms with Gasteiger partial charge in [0, 0.05) is 0 Å². The van der Waals surface area contributed by atoms with Crippen molar-refractivity contribution in [2.24, 2.45) is 5.73 Å². The van der Waals surface area contributed by atoms with E-state index in [1.165, 1.54) is 0 Å². The van der Waals surface area contributed by atoms with E-state index in [9.17, 15) is 0 Å². The molecule has 0 unspecified atom stereocenters. The Morgan fingerprint density at radius 1 is 2.00 bits per heavy atom. The zero-order valence-corrected chi connectivity index (χ0v) is 7.70. The summed E-state index contributed by atoms with van der Waals surface area (Å²) >= 11 is 4.37. The average molecular weight is 141 g/mol. The largest absolute Gasteiger partial charge is 1.00 e. The van der Waals surface area contributed by atoms with Crippen LogP contribution in [0.4, 0.5) is 0 Å². The Bertz CT molecular complexity index is 90.6. The van der Waals surface area contributed by atoms with E-state index in [1.54, 1.807) is 6.08 Å². The first kappa shape index (κ1) is 11.3. The molecule has 0 fully saturated rings. The minimum atomic E-state index is 0. The van der Waals surface area contributed by atoms with E-state index >= 15 is 0 Å². The number of hydrogen-bond acceptors (Lipinski definition) is 2. The molecule has 0 aromatic rings. The van der Waals surface area contributed by atoms with Crippen molar-refractivity contribution in [3.05, 3.63) is 12.7 Å². The first-order valence-electron chi connectivity index (χ1n) is 1.80. The maximum Gasteiger partial charge on any atom is 1.00 e. The van der Waals surface area contributed by atoms with Gasteiger partial charge in [0.05, 0.1) is 0 Å². The SMILES string of the molecule is C=CCOC(N)=S.[H-].[Na+]. The summed E-state index contributed by atoms with van der Waals surface area (Å²) in [5.74, 6) is 0. The summed E-state index contributed by atoms with van der Waals surface area (Å²) in [4.78, 5) is 0. The zero-order chi connectivity index (χ0) is 5.70. The van der Waals surface area contributed by atoms with E-state index < -0.39 is 0 Å². The Labute approximate surface area is 77.9 Å². The van der Waals surface area contributed by atoms with Crippen LogP contribution < -0.4 is 35.3 Å². The number of nitrogens with two attached hydrogens (primary N) is 1. The topological polar surface area (TPSA) is 35.2 Å². The fourth-order valence-corrected chi connectivity index (χ4v) is 0.209. The second kappa shape index (κ2) is 7.43. The van der Waals surface area contributed by atoms with Crippen LogP contribution in [0.5, 0.6) is 0 Å². The molecule has 0 heterocycles. The van der Waals surface area contributed by atoms with Crippen molar-refractivity contribution in [1.82, 2.24) is 0 Å². The summed E-state index contributed by atoms with van der Waals surface area (Å²) in [6.07, 6.45) is 1.58. The first-order valence-corrected chi connectivity index (χ1v) is 2.21. The van der Waals surface area contributed by atoms with Crippen LogP contribution in [-0.4, -0.2) is 11.8 Å². The summed E-state index contributed by atoms with van der Waals surface area (Å²) in [7, 11) is 0. The normalized spacial score (nSPS) is 6.50. The minimum Gasteiger partial charge on any atom is -1.00 e. The average Bonchev–Trinajstić information content (AvgIpc) is 1.61. The van der Waals surface area contributed by atoms with Crippen LogP contribution in [0.2, 0.25) is 0 Å². The van der Waals surface area contributed by atoms with E-state index in [-0.39, 0.29) is 36.2 Å². The van der Waals surface area contributed by atoms with Crippen LogP contribution in [0, 0.1) is 0 Å². The van der Waals surface area contributed by atoms with E-state index in [0.717, 1.165) is 0 Å². The van der Waals surface area contributed by atoms with Gasteiger partial charge in [-0.15, -0.1) is 0 Å². The summed E-state index contributed by atoms with van der Waals surface area (Å²) in [5, 5.41) is 0.0694. The monoisotopic (exact) mass is 141 g/mol. The predicted molar refractivity (Wildman–Crippen MR) is 34.0 cm³/mol. The zero-order valence-electron chi connectivity index (χ0n) is 5.89. The maximum absolute atomic E-state index is 4.94. The molecule has 0 aromatic heterocycles. The van der Waals surface area contributed by atoms with Crippen LogP contribution in [0.25, 0.3) is 0 Å². The summed E-state index contributed by atoms with van der Waals surface area (Å²) in [6.45, 7) is 3.79. The quantitative estimate of drug-likeness (QED) is 0.263. The molecule has 0 saturated carbocycles. The Balaban J connectivity index is -0.000000180. The Morgan fingerprint density at radius 2 is 2.50 bits per heavy atom. The second-order valence-electron chi connectivity index (χ2n) is 0.919. The molecule has 0 atom stereocenters. The fraction of sp³-hybridized carbons (Fsp3) is 0.250. The Kier molecular flexibility index (Phi) is 10.5. The van der Waals surface area contributed by atoms with Gasteiger partial charge in [0.1, 0.15) is 6.61 Å². The van der Waals surface area contributed by atoms with E-state index in [2.05, 4.69) is 23.5 Å². The van der Waals surface area contributed by atoms with Gasteiger partial charge in [-0.05, 0) is 12.2 Å². The Hall–Kier alpha value is 0.430. The third-order valence-corrected chi connectivity index (χ3v) is 0.461. The molecular formula is C4H8NNaOS. The van der Waals surface area contributed by atoms with E-state index in [0.29, 0.717) is 6.61 Å². The van der Waals surface area contributed by atoms with Crippen molar-refractivity contribution in [3.63, 3.8) is 0 Å². The molecule has 4 heteroatoms. The first-order chi connectivity index (χ1) is 3.27. The number of hydrogen-bond donors (Lipinski definition) is 1. The van der Waals surface area contributed by atoms with Crippen LogP contribution >= 0.6 is 12.2 Å². The van der Waals surface area contributed by atoms with Gasteiger partial charge in [-0.25, -0.2) is 0 Å². The summed E-state index contributed by atoms with van der Waals surface area (Å²) in [5.41, 5.74) is 4.94. The van der Waals surface area contributed by atoms with Crippen LogP contribution in [-0.2, 0) is 4.74 Å². The van der Waals surface area contributed by atoms with Crippen LogP contribution in [0.1, 0.15) is 1.43 Å². The van der Waals surface area contributed by atoms with Crippen molar-refractivity contribution in [2.75, 3.05) is 6.61 Å². The molecule has 0 radical (unpaired) electrons. The molecule has 0 saturated heterocycles. The van der Waals surface area contributed by atoms with Crippen molar-refractivity contribution >= 4 is 17.4 Å². The minimum absolute atomic E-state index is 0. The number of ether oxygens (including phenoxy) is 1. The molecule has 0 spiro atoms. The molecule has 42 valence electrons. The molecule has 2 nitrogen and oxygen atoms in total. The second-order valence-corrected chi connectivity index (χ2v) is 1.32. The van der Waals surface area contributed by atoms with Gasteiger partial charge in [0.25, 0.3) is 5.17 Å². The molecule has 0 amide bonds. The molecule has 0 bridgehead atoms. The fourth-order valence-electron chi connectivity index (χ4n) is 0.141. The van der Waals surface area contributed by atoms with Gasteiger partial charge in [-0.3, -0.25) is 0 Å². The van der Waals surface area contributed by atoms with Gasteiger partial charge in [0.2, 0.25) is 0 Å². The molecule has 0 aliphatic carbocycles. The van der Waals surface area contributed by atoms with Crippen molar-refractivity contribution in [2.45, 2.75) is 0 Å². The van der Waals surface area contributed by atoms with Crippen LogP contribution in [0.15, 0.2) is 12.7 Å². The van der Waals surface area contributed by atoms with Crippen molar-refractivity contribution in [1.29, 1.82) is 0 Å². The third kappa shape index (κ3) is 9.66. The molecule has 0 rings (SSSR count). The summed E-state index contributed by atoms with van der Waals surface area (Å²) in [6, 6.07) is 0. The van der Waals surface area contributed by atoms with Gasteiger partial charge >= 0.3 is 29.6 Å². The van der Waals surface area contributed by atoms with E-state index in [1.807, 2.05) is 0 Å². The Morgan fingerprint density at radius 3 is 2.62 bits per heavy atom. The smallest absolute Gasteiger partial charge is 1.00 e. The molecule has 8 heavy (non-hydrogen) atoms. The predicted octanol–water partition coefficient (Wildman–Crippen LogP) is -2.45. The van der Waals surface area contributed by atoms with Gasteiger partial charge < -0.3 is 11.9 Å². The van der Waals surface area contributed by atoms with Crippen LogP contribution in [0.3, 0.4) is 0 Å². The molecular weight excluding hydrogens is 133 g/mol. The van der Waals surface area contributed by atoms with Gasteiger partial charge in [-0.2, -0.15) is 0 Å². The molecule has 0 aliphatic rings. The standard InChI is InChI=1S/C4H7NOS.Na.H/c1-2-3-6-4(5)7;;/h2H,1,3H2,(H2,5,7);;/q;+1;-1. The number of thiocarbonyl (C=S) groups is 1. The summed E-state index contributed by atoms with van der Waals surface area (Å²) < 4.78 is 4.58. The maximum atomic E-state index is 4.94. The van der Waals surface area contributed by atoms with Crippen molar-refractivity contribution < 1.29 is 35.7 Å². The van der Waals surface area contributed by atoms with E-state index in [4.69, 9.17) is 5.73 Å².